The Hall–Kier alpha value is -1.50. The number of likely N-dealkylation sites (tertiary alicyclic amines) is 1. The van der Waals surface area contributed by atoms with Crippen molar-refractivity contribution in [2.45, 2.75) is 31.8 Å². The molecule has 1 fully saturated rings. The van der Waals surface area contributed by atoms with Crippen molar-refractivity contribution in [1.29, 1.82) is 0 Å². The third-order valence-electron chi connectivity index (χ3n) is 4.02. The summed E-state index contributed by atoms with van der Waals surface area (Å²) in [6.45, 7) is 2.65. The van der Waals surface area contributed by atoms with Crippen LogP contribution in [-0.2, 0) is 4.79 Å². The number of aliphatic hydroxyl groups is 1. The number of hydrogen-bond acceptors (Lipinski definition) is 3. The van der Waals surface area contributed by atoms with E-state index < -0.39 is 12.1 Å². The van der Waals surface area contributed by atoms with E-state index in [0.29, 0.717) is 41.5 Å². The van der Waals surface area contributed by atoms with E-state index in [9.17, 15) is 14.7 Å². The maximum atomic E-state index is 12.2. The van der Waals surface area contributed by atoms with Gasteiger partial charge in [0.15, 0.2) is 0 Å². The fourth-order valence-electron chi connectivity index (χ4n) is 2.72. The number of nitrogens with one attached hydrogen (secondary N) is 2. The van der Waals surface area contributed by atoms with Crippen LogP contribution in [0.3, 0.4) is 0 Å². The standard InChI is InChI=1S/C16H21Cl2N3O3/c1-2-14(23)21-7-6-10(8-21)19-16(24)20-13(9-22)11-4-3-5-12(17)15(11)18/h3-5,10,13,22H,2,6-9H2,1H3,(H2,19,20,24). The van der Waals surface area contributed by atoms with Crippen LogP contribution in [0.1, 0.15) is 31.4 Å². The number of nitrogens with zero attached hydrogens (tertiary/aromatic N) is 1. The Morgan fingerprint density at radius 3 is 2.83 bits per heavy atom. The first kappa shape index (κ1) is 18.8. The highest BCUT2D eigenvalue weighted by Crippen LogP contribution is 2.29. The summed E-state index contributed by atoms with van der Waals surface area (Å²) < 4.78 is 0. The Morgan fingerprint density at radius 1 is 1.42 bits per heavy atom. The van der Waals surface area contributed by atoms with Crippen LogP contribution >= 0.6 is 23.2 Å². The highest BCUT2D eigenvalue weighted by Gasteiger charge is 2.27. The van der Waals surface area contributed by atoms with Crippen molar-refractivity contribution in [1.82, 2.24) is 15.5 Å². The van der Waals surface area contributed by atoms with Crippen LogP contribution in [0.15, 0.2) is 18.2 Å². The maximum absolute atomic E-state index is 12.2. The fraction of sp³-hybridized carbons (Fsp3) is 0.500. The normalized spacial score (nSPS) is 18.3. The molecule has 0 aliphatic carbocycles. The van der Waals surface area contributed by atoms with Crippen LogP contribution < -0.4 is 10.6 Å². The predicted molar refractivity (Wildman–Crippen MR) is 93.2 cm³/mol. The van der Waals surface area contributed by atoms with E-state index in [2.05, 4.69) is 10.6 Å². The monoisotopic (exact) mass is 373 g/mol. The molecular formula is C16H21Cl2N3O3. The van der Waals surface area contributed by atoms with E-state index in [0.717, 1.165) is 0 Å². The van der Waals surface area contributed by atoms with Crippen LogP contribution in [0.4, 0.5) is 4.79 Å². The number of carbonyl (C=O) groups is 2. The first-order valence-electron chi connectivity index (χ1n) is 7.85. The van der Waals surface area contributed by atoms with Crippen molar-refractivity contribution < 1.29 is 14.7 Å². The van der Waals surface area contributed by atoms with Gasteiger partial charge in [-0.15, -0.1) is 0 Å². The molecule has 1 aromatic rings. The van der Waals surface area contributed by atoms with Crippen LogP contribution in [0, 0.1) is 0 Å². The van der Waals surface area contributed by atoms with Gasteiger partial charge in [0.2, 0.25) is 5.91 Å². The second kappa shape index (κ2) is 8.55. The van der Waals surface area contributed by atoms with E-state index >= 15 is 0 Å². The summed E-state index contributed by atoms with van der Waals surface area (Å²) in [5, 5.41) is 15.7. The Labute approximate surface area is 151 Å². The van der Waals surface area contributed by atoms with Gasteiger partial charge in [-0.1, -0.05) is 42.3 Å². The molecule has 0 spiro atoms. The zero-order valence-corrected chi connectivity index (χ0v) is 14.9. The number of urea groups is 1. The van der Waals surface area contributed by atoms with Crippen molar-refractivity contribution in [3.05, 3.63) is 33.8 Å². The predicted octanol–water partition coefficient (Wildman–Crippen LogP) is 2.34. The summed E-state index contributed by atoms with van der Waals surface area (Å²) in [5.74, 6) is 0.0821. The first-order chi connectivity index (χ1) is 11.5. The lowest BCUT2D eigenvalue weighted by molar-refractivity contribution is -0.129. The number of carbonyl (C=O) groups excluding carboxylic acids is 2. The van der Waals surface area contributed by atoms with Gasteiger partial charge in [0.25, 0.3) is 0 Å². The number of aliphatic hydroxyl groups excluding tert-OH is 1. The average molecular weight is 374 g/mol. The van der Waals surface area contributed by atoms with Gasteiger partial charge in [0, 0.05) is 25.6 Å². The number of hydrogen-bond donors (Lipinski definition) is 3. The van der Waals surface area contributed by atoms with Crippen molar-refractivity contribution in [3.8, 4) is 0 Å². The summed E-state index contributed by atoms with van der Waals surface area (Å²) >= 11 is 12.1. The SMILES string of the molecule is CCC(=O)N1CCC(NC(=O)NC(CO)c2cccc(Cl)c2Cl)C1. The van der Waals surface area contributed by atoms with Gasteiger partial charge in [-0.25, -0.2) is 4.79 Å². The van der Waals surface area contributed by atoms with E-state index in [1.54, 1.807) is 23.1 Å². The lowest BCUT2D eigenvalue weighted by Crippen LogP contribution is -2.45. The average Bonchev–Trinajstić information content (AvgIpc) is 3.03. The Balaban J connectivity index is 1.93. The molecule has 2 rings (SSSR count). The van der Waals surface area contributed by atoms with Crippen LogP contribution in [0.25, 0.3) is 0 Å². The second-order valence-electron chi connectivity index (χ2n) is 5.67. The summed E-state index contributed by atoms with van der Waals surface area (Å²) in [4.78, 5) is 25.6. The van der Waals surface area contributed by atoms with Crippen molar-refractivity contribution >= 4 is 35.1 Å². The lowest BCUT2D eigenvalue weighted by Gasteiger charge is -2.21. The van der Waals surface area contributed by atoms with Gasteiger partial charge >= 0.3 is 6.03 Å². The van der Waals surface area contributed by atoms with Crippen molar-refractivity contribution in [2.75, 3.05) is 19.7 Å². The van der Waals surface area contributed by atoms with Gasteiger partial charge in [-0.2, -0.15) is 0 Å². The molecule has 8 heteroatoms. The summed E-state index contributed by atoms with van der Waals surface area (Å²) in [7, 11) is 0. The zero-order chi connectivity index (χ0) is 17.7. The van der Waals surface area contributed by atoms with Gasteiger partial charge in [-0.3, -0.25) is 4.79 Å². The topological polar surface area (TPSA) is 81.7 Å². The highest BCUT2D eigenvalue weighted by atomic mass is 35.5. The molecule has 132 valence electrons. The molecule has 0 saturated carbocycles. The number of amides is 3. The zero-order valence-electron chi connectivity index (χ0n) is 13.4. The molecule has 0 bridgehead atoms. The van der Waals surface area contributed by atoms with Gasteiger partial charge < -0.3 is 20.6 Å². The Morgan fingerprint density at radius 2 is 2.17 bits per heavy atom. The van der Waals surface area contributed by atoms with E-state index in [1.165, 1.54) is 0 Å². The molecule has 2 atom stereocenters. The molecular weight excluding hydrogens is 353 g/mol. The van der Waals surface area contributed by atoms with E-state index in [-0.39, 0.29) is 18.6 Å². The molecule has 6 nitrogen and oxygen atoms in total. The number of rotatable bonds is 5. The molecule has 24 heavy (non-hydrogen) atoms. The smallest absolute Gasteiger partial charge is 0.315 e. The first-order valence-corrected chi connectivity index (χ1v) is 8.61. The number of halogens is 2. The molecule has 1 aliphatic heterocycles. The third-order valence-corrected chi connectivity index (χ3v) is 4.86. The molecule has 0 radical (unpaired) electrons. The molecule has 3 amide bonds. The quantitative estimate of drug-likeness (QED) is 0.740. The Bertz CT molecular complexity index is 612. The Kier molecular flexibility index (Phi) is 6.71. The van der Waals surface area contributed by atoms with Crippen LogP contribution in [-0.4, -0.2) is 47.7 Å². The summed E-state index contributed by atoms with van der Waals surface area (Å²) in [6, 6.07) is 3.87. The van der Waals surface area contributed by atoms with Gasteiger partial charge in [0.05, 0.1) is 22.7 Å². The molecule has 1 aliphatic rings. The van der Waals surface area contributed by atoms with Gasteiger partial charge in [-0.05, 0) is 18.1 Å². The van der Waals surface area contributed by atoms with Crippen molar-refractivity contribution in [3.63, 3.8) is 0 Å². The van der Waals surface area contributed by atoms with Gasteiger partial charge in [0.1, 0.15) is 0 Å². The lowest BCUT2D eigenvalue weighted by atomic mass is 10.1. The maximum Gasteiger partial charge on any atom is 0.315 e. The number of benzene rings is 1. The molecule has 1 saturated heterocycles. The molecule has 2 unspecified atom stereocenters. The second-order valence-corrected chi connectivity index (χ2v) is 6.46. The third kappa shape index (κ3) is 4.53. The minimum Gasteiger partial charge on any atom is -0.394 e. The highest BCUT2D eigenvalue weighted by molar-refractivity contribution is 6.42. The minimum absolute atomic E-state index is 0.0821. The molecule has 0 aromatic heterocycles. The van der Waals surface area contributed by atoms with E-state index in [1.807, 2.05) is 6.92 Å². The van der Waals surface area contributed by atoms with Crippen molar-refractivity contribution in [2.24, 2.45) is 0 Å². The van der Waals surface area contributed by atoms with Crippen LogP contribution in [0.5, 0.6) is 0 Å². The summed E-state index contributed by atoms with van der Waals surface area (Å²) in [5.41, 5.74) is 0.552. The van der Waals surface area contributed by atoms with E-state index in [4.69, 9.17) is 23.2 Å². The summed E-state index contributed by atoms with van der Waals surface area (Å²) in [6.07, 6.45) is 1.17. The fourth-order valence-corrected chi connectivity index (χ4v) is 3.16. The van der Waals surface area contributed by atoms with Crippen LogP contribution in [0.2, 0.25) is 10.0 Å². The molecule has 1 aromatic carbocycles. The largest absolute Gasteiger partial charge is 0.394 e. The molecule has 1 heterocycles. The minimum atomic E-state index is -0.661. The molecule has 3 N–H and O–H groups in total.